The number of nitrogens with zero attached hydrogens (tertiary/aromatic N) is 1. The molecular weight excluding hydrogens is 430 g/mol. The third-order valence-corrected chi connectivity index (χ3v) is 5.91. The molecule has 0 fully saturated rings. The second-order valence-electron chi connectivity index (χ2n) is 8.85. The van der Waals surface area contributed by atoms with E-state index in [1.54, 1.807) is 12.1 Å². The molecule has 0 unspecified atom stereocenters. The van der Waals surface area contributed by atoms with Gasteiger partial charge in [0.2, 0.25) is 5.89 Å². The molecule has 34 heavy (non-hydrogen) atoms. The topological polar surface area (TPSA) is 99.6 Å². The molecule has 2 heterocycles. The number of nitrogen functional groups attached to an aromatic ring is 1. The van der Waals surface area contributed by atoms with E-state index >= 15 is 0 Å². The van der Waals surface area contributed by atoms with Crippen molar-refractivity contribution in [3.05, 3.63) is 71.8 Å². The van der Waals surface area contributed by atoms with Gasteiger partial charge in [-0.05, 0) is 54.4 Å². The van der Waals surface area contributed by atoms with Crippen molar-refractivity contribution in [2.75, 3.05) is 25.5 Å². The summed E-state index contributed by atoms with van der Waals surface area (Å²) in [5.41, 5.74) is 10.6. The Balaban J connectivity index is 1.25. The lowest BCUT2D eigenvalue weighted by Gasteiger charge is -2.14. The van der Waals surface area contributed by atoms with Crippen LogP contribution in [-0.4, -0.2) is 30.6 Å². The highest BCUT2D eigenvalue weighted by atomic mass is 16.5. The summed E-state index contributed by atoms with van der Waals surface area (Å²) in [7, 11) is 0. The van der Waals surface area contributed by atoms with Gasteiger partial charge in [-0.25, -0.2) is 4.98 Å². The van der Waals surface area contributed by atoms with Crippen LogP contribution in [0.1, 0.15) is 35.7 Å². The minimum Gasteiger partial charge on any atom is -0.489 e. The standard InChI is InChI=1S/C27H27N3O4/c1-16(2)21-11-20(28)12-22-25(21)34-27(30-22)19-9-7-18(8-10-19)26(31)29-13-17-14-32-23-5-3-4-6-24(23)33-15-17/h3-12,16-17H,13-15,28H2,1-2H3,(H,29,31). The number of hydrogen-bond acceptors (Lipinski definition) is 6. The van der Waals surface area contributed by atoms with Crippen molar-refractivity contribution in [3.63, 3.8) is 0 Å². The van der Waals surface area contributed by atoms with Gasteiger partial charge < -0.3 is 24.9 Å². The molecule has 1 aromatic heterocycles. The molecule has 0 atom stereocenters. The minimum absolute atomic E-state index is 0.0537. The lowest BCUT2D eigenvalue weighted by molar-refractivity contribution is 0.0937. The molecule has 4 aromatic rings. The van der Waals surface area contributed by atoms with E-state index in [4.69, 9.17) is 19.6 Å². The Morgan fingerprint density at radius 2 is 1.74 bits per heavy atom. The summed E-state index contributed by atoms with van der Waals surface area (Å²) in [6, 6.07) is 18.6. The van der Waals surface area contributed by atoms with Crippen molar-refractivity contribution in [2.45, 2.75) is 19.8 Å². The van der Waals surface area contributed by atoms with Gasteiger partial charge in [-0.15, -0.1) is 0 Å². The van der Waals surface area contributed by atoms with E-state index < -0.39 is 0 Å². The van der Waals surface area contributed by atoms with E-state index in [1.165, 1.54) is 0 Å². The third-order valence-electron chi connectivity index (χ3n) is 5.91. The molecule has 0 spiro atoms. The lowest BCUT2D eigenvalue weighted by atomic mass is 10.0. The number of nitrogens with one attached hydrogen (secondary N) is 1. The van der Waals surface area contributed by atoms with E-state index in [0.717, 1.165) is 33.7 Å². The molecule has 0 saturated heterocycles. The minimum atomic E-state index is -0.152. The molecule has 3 N–H and O–H groups in total. The Labute approximate surface area is 197 Å². The average molecular weight is 458 g/mol. The second-order valence-corrected chi connectivity index (χ2v) is 8.85. The van der Waals surface area contributed by atoms with Crippen LogP contribution in [0.4, 0.5) is 5.69 Å². The Hall–Kier alpha value is -4.00. The predicted octanol–water partition coefficient (Wildman–Crippen LogP) is 5.02. The first-order valence-corrected chi connectivity index (χ1v) is 11.4. The number of para-hydroxylation sites is 2. The number of oxazole rings is 1. The highest BCUT2D eigenvalue weighted by Gasteiger charge is 2.19. The smallest absolute Gasteiger partial charge is 0.251 e. The first kappa shape index (κ1) is 21.8. The first-order valence-electron chi connectivity index (χ1n) is 11.4. The molecule has 1 aliphatic heterocycles. The molecule has 1 aliphatic rings. The lowest BCUT2D eigenvalue weighted by Crippen LogP contribution is -2.34. The molecular formula is C27H27N3O4. The quantitative estimate of drug-likeness (QED) is 0.408. The molecule has 0 aliphatic carbocycles. The van der Waals surface area contributed by atoms with Crippen molar-refractivity contribution in [3.8, 4) is 23.0 Å². The van der Waals surface area contributed by atoms with Crippen LogP contribution < -0.4 is 20.5 Å². The van der Waals surface area contributed by atoms with Crippen LogP contribution in [0.5, 0.6) is 11.5 Å². The highest BCUT2D eigenvalue weighted by molar-refractivity contribution is 5.94. The molecule has 0 saturated carbocycles. The number of aromatic nitrogens is 1. The van der Waals surface area contributed by atoms with Crippen molar-refractivity contribution in [1.29, 1.82) is 0 Å². The van der Waals surface area contributed by atoms with E-state index in [2.05, 4.69) is 24.1 Å². The molecule has 0 radical (unpaired) electrons. The number of amides is 1. The number of fused-ring (bicyclic) bond motifs is 2. The van der Waals surface area contributed by atoms with Crippen LogP contribution in [0, 0.1) is 5.92 Å². The summed E-state index contributed by atoms with van der Waals surface area (Å²) in [5, 5.41) is 2.98. The number of ether oxygens (including phenoxy) is 2. The fourth-order valence-electron chi connectivity index (χ4n) is 4.01. The maximum atomic E-state index is 12.7. The molecule has 3 aromatic carbocycles. The number of carbonyl (C=O) groups is 1. The van der Waals surface area contributed by atoms with Crippen molar-refractivity contribution in [2.24, 2.45) is 5.92 Å². The molecule has 0 bridgehead atoms. The van der Waals surface area contributed by atoms with E-state index in [9.17, 15) is 4.79 Å². The summed E-state index contributed by atoms with van der Waals surface area (Å²) in [6.45, 7) is 5.61. The number of nitrogens with two attached hydrogens (primary N) is 1. The molecule has 1 amide bonds. The van der Waals surface area contributed by atoms with Gasteiger partial charge in [0.05, 0.1) is 13.2 Å². The van der Waals surface area contributed by atoms with E-state index in [0.29, 0.717) is 36.9 Å². The maximum absolute atomic E-state index is 12.7. The largest absolute Gasteiger partial charge is 0.489 e. The molecule has 7 heteroatoms. The zero-order chi connectivity index (χ0) is 23.7. The van der Waals surface area contributed by atoms with Crippen LogP contribution in [0.3, 0.4) is 0 Å². The van der Waals surface area contributed by atoms with Gasteiger partial charge in [-0.2, -0.15) is 0 Å². The fourth-order valence-corrected chi connectivity index (χ4v) is 4.01. The van der Waals surface area contributed by atoms with Crippen LogP contribution in [-0.2, 0) is 0 Å². The van der Waals surface area contributed by atoms with Crippen LogP contribution >= 0.6 is 0 Å². The van der Waals surface area contributed by atoms with Crippen LogP contribution in [0.25, 0.3) is 22.6 Å². The van der Waals surface area contributed by atoms with Gasteiger partial charge in [0.15, 0.2) is 17.1 Å². The summed E-state index contributed by atoms with van der Waals surface area (Å²) in [5.74, 6) is 2.13. The second kappa shape index (κ2) is 9.09. The normalized spacial score (nSPS) is 13.7. The molecule has 174 valence electrons. The predicted molar refractivity (Wildman–Crippen MR) is 131 cm³/mol. The Morgan fingerprint density at radius 3 is 2.38 bits per heavy atom. The van der Waals surface area contributed by atoms with Crippen molar-refractivity contribution < 1.29 is 18.7 Å². The van der Waals surface area contributed by atoms with Gasteiger partial charge in [-0.1, -0.05) is 26.0 Å². The number of rotatable bonds is 5. The first-order chi connectivity index (χ1) is 16.5. The van der Waals surface area contributed by atoms with Gasteiger partial charge in [-0.3, -0.25) is 4.79 Å². The fraction of sp³-hybridized carbons (Fsp3) is 0.259. The average Bonchev–Trinajstić information content (AvgIpc) is 3.15. The number of carbonyl (C=O) groups excluding carboxylic acids is 1. The summed E-state index contributed by atoms with van der Waals surface area (Å²) in [4.78, 5) is 17.3. The van der Waals surface area contributed by atoms with Crippen molar-refractivity contribution in [1.82, 2.24) is 10.3 Å². The zero-order valence-electron chi connectivity index (χ0n) is 19.2. The summed E-state index contributed by atoms with van der Waals surface area (Å²) >= 11 is 0. The molecule has 5 rings (SSSR count). The number of hydrogen-bond donors (Lipinski definition) is 2. The van der Waals surface area contributed by atoms with Gasteiger partial charge in [0.25, 0.3) is 5.91 Å². The summed E-state index contributed by atoms with van der Waals surface area (Å²) < 4.78 is 17.7. The van der Waals surface area contributed by atoms with Crippen LogP contribution in [0.15, 0.2) is 65.1 Å². The van der Waals surface area contributed by atoms with E-state index in [-0.39, 0.29) is 17.7 Å². The van der Waals surface area contributed by atoms with Crippen LogP contribution in [0.2, 0.25) is 0 Å². The Morgan fingerprint density at radius 1 is 1.06 bits per heavy atom. The number of benzene rings is 3. The maximum Gasteiger partial charge on any atom is 0.251 e. The van der Waals surface area contributed by atoms with Crippen molar-refractivity contribution >= 4 is 22.7 Å². The number of anilines is 1. The van der Waals surface area contributed by atoms with Gasteiger partial charge in [0.1, 0.15) is 5.52 Å². The Bertz CT molecular complexity index is 1300. The highest BCUT2D eigenvalue weighted by Crippen LogP contribution is 2.32. The SMILES string of the molecule is CC(C)c1cc(N)cc2nc(-c3ccc(C(=O)NCC4COc5ccccc5OC4)cc3)oc12. The zero-order valence-corrected chi connectivity index (χ0v) is 19.2. The summed E-state index contributed by atoms with van der Waals surface area (Å²) in [6.07, 6.45) is 0. The van der Waals surface area contributed by atoms with Gasteiger partial charge in [0, 0.05) is 34.8 Å². The van der Waals surface area contributed by atoms with Gasteiger partial charge >= 0.3 is 0 Å². The van der Waals surface area contributed by atoms with E-state index in [1.807, 2.05) is 48.5 Å². The molecule has 7 nitrogen and oxygen atoms in total. The monoisotopic (exact) mass is 457 g/mol. The Kier molecular flexibility index (Phi) is 5.84. The third kappa shape index (κ3) is 4.41.